The van der Waals surface area contributed by atoms with Gasteiger partial charge in [-0.25, -0.2) is 0 Å². The standard InChI is InChI=1S/C23H38N2O2/c1-9-12-13-19(5)14-15-25(23(27)11-3)22(21(7)26)16-20(6)24(8)17-18(4)10-2/h9,12-13,22H,4,6,10-11,14-17H2,1-3,5,7-8H3/b12-9-,19-13+. The molecule has 0 saturated carbocycles. The minimum absolute atomic E-state index is 0.00227. The van der Waals surface area contributed by atoms with Gasteiger partial charge in [0, 0.05) is 38.7 Å². The molecule has 0 spiro atoms. The third-order valence-corrected chi connectivity index (χ3v) is 4.72. The van der Waals surface area contributed by atoms with Crippen LogP contribution < -0.4 is 0 Å². The first-order valence-corrected chi connectivity index (χ1v) is 9.81. The van der Waals surface area contributed by atoms with E-state index in [1.165, 1.54) is 5.57 Å². The maximum Gasteiger partial charge on any atom is 0.222 e. The van der Waals surface area contributed by atoms with Crippen molar-refractivity contribution in [2.24, 2.45) is 0 Å². The second-order valence-corrected chi connectivity index (χ2v) is 7.09. The van der Waals surface area contributed by atoms with Gasteiger partial charge < -0.3 is 9.80 Å². The van der Waals surface area contributed by atoms with Crippen LogP contribution in [0.15, 0.2) is 48.2 Å². The third kappa shape index (κ3) is 9.41. The van der Waals surface area contributed by atoms with E-state index in [1.54, 1.807) is 11.8 Å². The van der Waals surface area contributed by atoms with E-state index in [0.29, 0.717) is 25.9 Å². The Balaban J connectivity index is 5.29. The summed E-state index contributed by atoms with van der Waals surface area (Å²) in [5.74, 6) is -0.00166. The minimum Gasteiger partial charge on any atom is -0.374 e. The van der Waals surface area contributed by atoms with E-state index < -0.39 is 6.04 Å². The number of nitrogens with zero attached hydrogens (tertiary/aromatic N) is 2. The lowest BCUT2D eigenvalue weighted by Crippen LogP contribution is -2.45. The first-order chi connectivity index (χ1) is 12.7. The van der Waals surface area contributed by atoms with Crippen molar-refractivity contribution >= 4 is 11.7 Å². The van der Waals surface area contributed by atoms with E-state index >= 15 is 0 Å². The number of carbonyl (C=O) groups excluding carboxylic acids is 2. The van der Waals surface area contributed by atoms with Crippen molar-refractivity contribution in [1.29, 1.82) is 0 Å². The normalized spacial score (nSPS) is 12.7. The monoisotopic (exact) mass is 374 g/mol. The molecule has 0 aromatic heterocycles. The van der Waals surface area contributed by atoms with Crippen LogP contribution in [0.25, 0.3) is 0 Å². The summed E-state index contributed by atoms with van der Waals surface area (Å²) in [6, 6.07) is -0.475. The molecule has 0 saturated heterocycles. The van der Waals surface area contributed by atoms with Crippen LogP contribution in [-0.4, -0.2) is 47.7 Å². The van der Waals surface area contributed by atoms with Crippen LogP contribution in [0.3, 0.4) is 0 Å². The van der Waals surface area contributed by atoms with Gasteiger partial charge in [-0.2, -0.15) is 0 Å². The molecule has 1 unspecified atom stereocenters. The molecule has 4 heteroatoms. The average Bonchev–Trinajstić information content (AvgIpc) is 2.64. The molecule has 0 fully saturated rings. The lowest BCUT2D eigenvalue weighted by molar-refractivity contribution is -0.138. The molecule has 0 aromatic rings. The molecule has 0 aliphatic carbocycles. The summed E-state index contributed by atoms with van der Waals surface area (Å²) in [6.45, 7) is 18.9. The van der Waals surface area contributed by atoms with E-state index in [0.717, 1.165) is 24.1 Å². The number of allylic oxidation sites excluding steroid dienone is 3. The highest BCUT2D eigenvalue weighted by atomic mass is 16.2. The molecule has 0 heterocycles. The second kappa shape index (κ2) is 13.1. The fraction of sp³-hybridized carbons (Fsp3) is 0.565. The first-order valence-electron chi connectivity index (χ1n) is 9.81. The molecular weight excluding hydrogens is 336 g/mol. The summed E-state index contributed by atoms with van der Waals surface area (Å²) in [4.78, 5) is 28.7. The van der Waals surface area contributed by atoms with E-state index in [-0.39, 0.29) is 11.7 Å². The maximum atomic E-state index is 12.5. The summed E-state index contributed by atoms with van der Waals surface area (Å²) in [6.07, 6.45) is 8.49. The van der Waals surface area contributed by atoms with Gasteiger partial charge in [0.25, 0.3) is 0 Å². The average molecular weight is 375 g/mol. The molecule has 0 aliphatic rings. The van der Waals surface area contributed by atoms with Gasteiger partial charge in [0.1, 0.15) is 0 Å². The van der Waals surface area contributed by atoms with Gasteiger partial charge in [-0.3, -0.25) is 9.59 Å². The quantitative estimate of drug-likeness (QED) is 0.340. The summed E-state index contributed by atoms with van der Waals surface area (Å²) >= 11 is 0. The zero-order valence-electron chi connectivity index (χ0n) is 18.2. The van der Waals surface area contributed by atoms with Crippen LogP contribution in [0.1, 0.15) is 60.3 Å². The molecule has 0 aliphatic heterocycles. The van der Waals surface area contributed by atoms with Gasteiger partial charge >= 0.3 is 0 Å². The Kier molecular flexibility index (Phi) is 12.1. The molecule has 0 N–H and O–H groups in total. The van der Waals surface area contributed by atoms with Gasteiger partial charge in [-0.05, 0) is 33.6 Å². The van der Waals surface area contributed by atoms with Crippen molar-refractivity contribution in [3.63, 3.8) is 0 Å². The van der Waals surface area contributed by atoms with Crippen molar-refractivity contribution in [3.8, 4) is 0 Å². The Morgan fingerprint density at radius 2 is 1.74 bits per heavy atom. The molecule has 152 valence electrons. The van der Waals surface area contributed by atoms with Crippen LogP contribution in [0.4, 0.5) is 0 Å². The highest BCUT2D eigenvalue weighted by Gasteiger charge is 2.27. The van der Waals surface area contributed by atoms with Crippen molar-refractivity contribution in [2.45, 2.75) is 66.3 Å². The SMILES string of the molecule is C=C(CC)CN(C)C(=C)CC(C(C)=O)N(CC/C(C)=C/C=C\C)C(=O)CC. The summed E-state index contributed by atoms with van der Waals surface area (Å²) in [5, 5.41) is 0. The van der Waals surface area contributed by atoms with E-state index in [9.17, 15) is 9.59 Å². The van der Waals surface area contributed by atoms with Crippen molar-refractivity contribution in [1.82, 2.24) is 9.80 Å². The molecule has 0 bridgehead atoms. The van der Waals surface area contributed by atoms with Gasteiger partial charge in [0.05, 0.1) is 6.04 Å². The molecule has 0 radical (unpaired) electrons. The van der Waals surface area contributed by atoms with Crippen molar-refractivity contribution in [2.75, 3.05) is 20.1 Å². The van der Waals surface area contributed by atoms with Crippen molar-refractivity contribution < 1.29 is 9.59 Å². The lowest BCUT2D eigenvalue weighted by atomic mass is 10.0. The topological polar surface area (TPSA) is 40.6 Å². The minimum atomic E-state index is -0.475. The number of hydrogen-bond acceptors (Lipinski definition) is 3. The van der Waals surface area contributed by atoms with Crippen LogP contribution in [0.2, 0.25) is 0 Å². The van der Waals surface area contributed by atoms with Crippen LogP contribution in [0, 0.1) is 0 Å². The second-order valence-electron chi connectivity index (χ2n) is 7.09. The summed E-state index contributed by atoms with van der Waals surface area (Å²) in [7, 11) is 1.95. The molecule has 1 atom stereocenters. The Morgan fingerprint density at radius 1 is 1.11 bits per heavy atom. The maximum absolute atomic E-state index is 12.5. The molecule has 0 rings (SSSR count). The number of ketones is 1. The number of carbonyl (C=O) groups is 2. The predicted molar refractivity (Wildman–Crippen MR) is 115 cm³/mol. The Hall–Kier alpha value is -2.10. The summed E-state index contributed by atoms with van der Waals surface area (Å²) < 4.78 is 0. The number of amides is 1. The fourth-order valence-corrected chi connectivity index (χ4v) is 2.71. The third-order valence-electron chi connectivity index (χ3n) is 4.72. The highest BCUT2D eigenvalue weighted by Crippen LogP contribution is 2.18. The van der Waals surface area contributed by atoms with Crippen LogP contribution >= 0.6 is 0 Å². The lowest BCUT2D eigenvalue weighted by Gasteiger charge is -2.33. The molecule has 4 nitrogen and oxygen atoms in total. The zero-order chi connectivity index (χ0) is 21.0. The largest absolute Gasteiger partial charge is 0.374 e. The summed E-state index contributed by atoms with van der Waals surface area (Å²) in [5.41, 5.74) is 3.14. The van der Waals surface area contributed by atoms with E-state index in [2.05, 4.69) is 20.1 Å². The molecule has 0 aromatic carbocycles. The fourth-order valence-electron chi connectivity index (χ4n) is 2.71. The predicted octanol–water partition coefficient (Wildman–Crippen LogP) is 4.90. The molecular formula is C23H38N2O2. The highest BCUT2D eigenvalue weighted by molar-refractivity contribution is 5.87. The number of rotatable bonds is 13. The zero-order valence-corrected chi connectivity index (χ0v) is 18.2. The van der Waals surface area contributed by atoms with Crippen LogP contribution in [-0.2, 0) is 9.59 Å². The Labute approximate surface area is 166 Å². The van der Waals surface area contributed by atoms with Crippen molar-refractivity contribution in [3.05, 3.63) is 48.2 Å². The Bertz CT molecular complexity index is 587. The molecule has 1 amide bonds. The van der Waals surface area contributed by atoms with Gasteiger partial charge in [0.2, 0.25) is 5.91 Å². The number of Topliss-reactive ketones (excluding diaryl/α,β-unsaturated/α-hetero) is 1. The Morgan fingerprint density at radius 3 is 2.22 bits per heavy atom. The van der Waals surface area contributed by atoms with E-state index in [4.69, 9.17) is 0 Å². The molecule has 27 heavy (non-hydrogen) atoms. The smallest absolute Gasteiger partial charge is 0.222 e. The van der Waals surface area contributed by atoms with E-state index in [1.807, 2.05) is 50.9 Å². The first kappa shape index (κ1) is 24.9. The van der Waals surface area contributed by atoms with Gasteiger partial charge in [0.15, 0.2) is 5.78 Å². The van der Waals surface area contributed by atoms with Gasteiger partial charge in [-0.15, -0.1) is 0 Å². The number of likely N-dealkylation sites (N-methyl/N-ethyl adjacent to an activating group) is 1. The van der Waals surface area contributed by atoms with Crippen LogP contribution in [0.5, 0.6) is 0 Å². The van der Waals surface area contributed by atoms with Gasteiger partial charge in [-0.1, -0.05) is 56.4 Å². The number of hydrogen-bond donors (Lipinski definition) is 0.